The first-order valence-electron chi connectivity index (χ1n) is 6.12. The summed E-state index contributed by atoms with van der Waals surface area (Å²) in [7, 11) is 1.96. The van der Waals surface area contributed by atoms with Crippen molar-refractivity contribution in [2.24, 2.45) is 0 Å². The van der Waals surface area contributed by atoms with Crippen molar-refractivity contribution in [3.63, 3.8) is 0 Å². The van der Waals surface area contributed by atoms with E-state index < -0.39 is 0 Å². The Labute approximate surface area is 114 Å². The molecule has 0 aliphatic heterocycles. The lowest BCUT2D eigenvalue weighted by atomic mass is 9.96. The van der Waals surface area contributed by atoms with Crippen LogP contribution in [-0.4, -0.2) is 7.05 Å². The minimum absolute atomic E-state index is 0.137. The third-order valence-electron chi connectivity index (χ3n) is 3.23. The zero-order valence-corrected chi connectivity index (χ0v) is 11.8. The zero-order valence-electron chi connectivity index (χ0n) is 11.0. The fourth-order valence-corrected chi connectivity index (χ4v) is 2.39. The fourth-order valence-electron chi connectivity index (χ4n) is 2.15. The molecule has 0 heterocycles. The number of hydrogen-bond acceptors (Lipinski definition) is 1. The molecule has 0 aliphatic rings. The van der Waals surface area contributed by atoms with Crippen LogP contribution in [-0.2, 0) is 0 Å². The first-order valence-corrected chi connectivity index (χ1v) is 6.50. The maximum Gasteiger partial charge on any atom is 0.0589 e. The summed E-state index contributed by atoms with van der Waals surface area (Å²) < 4.78 is 0. The second kappa shape index (κ2) is 5.55. The Morgan fingerprint density at radius 3 is 2.28 bits per heavy atom. The maximum absolute atomic E-state index is 6.41. The molecule has 0 amide bonds. The average Bonchev–Trinajstić information content (AvgIpc) is 2.37. The van der Waals surface area contributed by atoms with E-state index in [0.717, 1.165) is 16.1 Å². The summed E-state index contributed by atoms with van der Waals surface area (Å²) in [4.78, 5) is 0. The van der Waals surface area contributed by atoms with Crippen molar-refractivity contribution in [3.05, 3.63) is 69.7 Å². The SMILES string of the molecule is CNC(c1ccc(C)cc1)c1cccc(C)c1Cl. The number of halogens is 1. The standard InChI is InChI=1S/C16H18ClN/c1-11-7-9-13(10-8-11)16(18-3)14-6-4-5-12(2)15(14)17/h4-10,16,18H,1-3H3. The summed E-state index contributed by atoms with van der Waals surface area (Å²) in [6.07, 6.45) is 0. The predicted octanol–water partition coefficient (Wildman–Crippen LogP) is 4.27. The van der Waals surface area contributed by atoms with E-state index in [-0.39, 0.29) is 6.04 Å². The van der Waals surface area contributed by atoms with Gasteiger partial charge in [-0.1, -0.05) is 59.6 Å². The molecule has 0 saturated heterocycles. The van der Waals surface area contributed by atoms with Crippen molar-refractivity contribution in [1.82, 2.24) is 5.32 Å². The zero-order chi connectivity index (χ0) is 13.1. The highest BCUT2D eigenvalue weighted by Gasteiger charge is 2.15. The van der Waals surface area contributed by atoms with Crippen LogP contribution < -0.4 is 5.32 Å². The Balaban J connectivity index is 2.45. The number of benzene rings is 2. The fraction of sp³-hybridized carbons (Fsp3) is 0.250. The van der Waals surface area contributed by atoms with Gasteiger partial charge in [-0.3, -0.25) is 0 Å². The molecule has 2 rings (SSSR count). The maximum atomic E-state index is 6.41. The summed E-state index contributed by atoms with van der Waals surface area (Å²) in [5.74, 6) is 0. The quantitative estimate of drug-likeness (QED) is 0.868. The van der Waals surface area contributed by atoms with Crippen LogP contribution in [0.5, 0.6) is 0 Å². The van der Waals surface area contributed by atoms with E-state index in [1.165, 1.54) is 11.1 Å². The summed E-state index contributed by atoms with van der Waals surface area (Å²) >= 11 is 6.41. The third kappa shape index (κ3) is 2.58. The first kappa shape index (κ1) is 13.1. The lowest BCUT2D eigenvalue weighted by Crippen LogP contribution is -2.18. The summed E-state index contributed by atoms with van der Waals surface area (Å²) in [5, 5.41) is 4.18. The molecule has 1 nitrogen and oxygen atoms in total. The van der Waals surface area contributed by atoms with Crippen LogP contribution in [0.15, 0.2) is 42.5 Å². The van der Waals surface area contributed by atoms with Crippen LogP contribution >= 0.6 is 11.6 Å². The number of rotatable bonds is 3. The monoisotopic (exact) mass is 259 g/mol. The third-order valence-corrected chi connectivity index (χ3v) is 3.75. The molecule has 1 N–H and O–H groups in total. The Morgan fingerprint density at radius 2 is 1.67 bits per heavy atom. The van der Waals surface area contributed by atoms with Gasteiger partial charge in [0.25, 0.3) is 0 Å². The van der Waals surface area contributed by atoms with Gasteiger partial charge in [0.15, 0.2) is 0 Å². The predicted molar refractivity (Wildman–Crippen MR) is 78.3 cm³/mol. The molecule has 0 aliphatic carbocycles. The van der Waals surface area contributed by atoms with Gasteiger partial charge < -0.3 is 5.32 Å². The highest BCUT2D eigenvalue weighted by Crippen LogP contribution is 2.30. The molecule has 1 atom stereocenters. The minimum Gasteiger partial charge on any atom is -0.309 e. The van der Waals surface area contributed by atoms with Crippen LogP contribution in [0.25, 0.3) is 0 Å². The molecule has 0 radical (unpaired) electrons. The summed E-state index contributed by atoms with van der Waals surface area (Å²) in [5.41, 5.74) is 4.74. The second-order valence-electron chi connectivity index (χ2n) is 4.61. The molecule has 2 aromatic rings. The van der Waals surface area contributed by atoms with Gasteiger partial charge >= 0.3 is 0 Å². The van der Waals surface area contributed by atoms with Gasteiger partial charge in [0.2, 0.25) is 0 Å². The van der Waals surface area contributed by atoms with Gasteiger partial charge in [-0.15, -0.1) is 0 Å². The Morgan fingerprint density at radius 1 is 1.00 bits per heavy atom. The largest absolute Gasteiger partial charge is 0.309 e. The summed E-state index contributed by atoms with van der Waals surface area (Å²) in [6, 6.07) is 14.9. The second-order valence-corrected chi connectivity index (χ2v) is 4.99. The molecule has 0 spiro atoms. The molecule has 2 heteroatoms. The van der Waals surface area contributed by atoms with Crippen molar-refractivity contribution < 1.29 is 0 Å². The van der Waals surface area contributed by atoms with Crippen molar-refractivity contribution in [3.8, 4) is 0 Å². The number of hydrogen-bond donors (Lipinski definition) is 1. The van der Waals surface area contributed by atoms with Crippen LogP contribution in [0.4, 0.5) is 0 Å². The molecule has 94 valence electrons. The van der Waals surface area contributed by atoms with Gasteiger partial charge in [0, 0.05) is 5.02 Å². The molecular weight excluding hydrogens is 242 g/mol. The van der Waals surface area contributed by atoms with E-state index >= 15 is 0 Å². The lowest BCUT2D eigenvalue weighted by molar-refractivity contribution is 0.691. The van der Waals surface area contributed by atoms with E-state index in [4.69, 9.17) is 11.6 Å². The van der Waals surface area contributed by atoms with Crippen molar-refractivity contribution in [2.75, 3.05) is 7.05 Å². The van der Waals surface area contributed by atoms with Crippen molar-refractivity contribution in [1.29, 1.82) is 0 Å². The lowest BCUT2D eigenvalue weighted by Gasteiger charge is -2.19. The van der Waals surface area contributed by atoms with Gasteiger partial charge in [0.1, 0.15) is 0 Å². The van der Waals surface area contributed by atoms with Crippen LogP contribution in [0.1, 0.15) is 28.3 Å². The van der Waals surface area contributed by atoms with E-state index in [1.807, 2.05) is 20.0 Å². The molecule has 1 unspecified atom stereocenters. The molecular formula is C16H18ClN. The topological polar surface area (TPSA) is 12.0 Å². The average molecular weight is 260 g/mol. The van der Waals surface area contributed by atoms with Crippen LogP contribution in [0, 0.1) is 13.8 Å². The highest BCUT2D eigenvalue weighted by atomic mass is 35.5. The van der Waals surface area contributed by atoms with Crippen molar-refractivity contribution >= 4 is 11.6 Å². The molecule has 0 saturated carbocycles. The molecule has 0 aromatic heterocycles. The number of aryl methyl sites for hydroxylation is 2. The molecule has 0 fully saturated rings. The van der Waals surface area contributed by atoms with E-state index in [0.29, 0.717) is 0 Å². The van der Waals surface area contributed by atoms with E-state index in [1.54, 1.807) is 0 Å². The Kier molecular flexibility index (Phi) is 4.05. The van der Waals surface area contributed by atoms with Crippen LogP contribution in [0.2, 0.25) is 5.02 Å². The van der Waals surface area contributed by atoms with E-state index in [2.05, 4.69) is 48.6 Å². The Hall–Kier alpha value is -1.31. The Bertz CT molecular complexity index is 531. The van der Waals surface area contributed by atoms with Crippen molar-refractivity contribution in [2.45, 2.75) is 19.9 Å². The molecule has 2 aromatic carbocycles. The summed E-state index contributed by atoms with van der Waals surface area (Å²) in [6.45, 7) is 4.13. The van der Waals surface area contributed by atoms with Gasteiger partial charge in [-0.25, -0.2) is 0 Å². The van der Waals surface area contributed by atoms with Gasteiger partial charge in [-0.05, 0) is 37.6 Å². The minimum atomic E-state index is 0.137. The first-order chi connectivity index (χ1) is 8.63. The van der Waals surface area contributed by atoms with Gasteiger partial charge in [0.05, 0.1) is 6.04 Å². The molecule has 0 bridgehead atoms. The van der Waals surface area contributed by atoms with Crippen LogP contribution in [0.3, 0.4) is 0 Å². The highest BCUT2D eigenvalue weighted by molar-refractivity contribution is 6.32. The number of nitrogens with one attached hydrogen (secondary N) is 1. The van der Waals surface area contributed by atoms with Gasteiger partial charge in [-0.2, -0.15) is 0 Å². The smallest absolute Gasteiger partial charge is 0.0589 e. The molecule has 18 heavy (non-hydrogen) atoms. The normalized spacial score (nSPS) is 12.4. The van der Waals surface area contributed by atoms with E-state index in [9.17, 15) is 0 Å².